The third-order valence-corrected chi connectivity index (χ3v) is 4.56. The minimum absolute atomic E-state index is 0.174. The highest BCUT2D eigenvalue weighted by molar-refractivity contribution is 5.75. The molecule has 2 heterocycles. The van der Waals surface area contributed by atoms with E-state index in [0.29, 0.717) is 12.3 Å². The number of hydrogen-bond donors (Lipinski definition) is 2. The van der Waals surface area contributed by atoms with Gasteiger partial charge in [0.25, 0.3) is 0 Å². The van der Waals surface area contributed by atoms with Crippen molar-refractivity contribution in [1.82, 2.24) is 20.5 Å². The Kier molecular flexibility index (Phi) is 7.05. The van der Waals surface area contributed by atoms with E-state index in [-0.39, 0.29) is 5.91 Å². The fourth-order valence-corrected chi connectivity index (χ4v) is 2.92. The highest BCUT2D eigenvalue weighted by Gasteiger charge is 2.21. The van der Waals surface area contributed by atoms with Crippen LogP contribution in [0.1, 0.15) is 43.0 Å². The summed E-state index contributed by atoms with van der Waals surface area (Å²) in [5, 5.41) is 6.13. The number of amides is 1. The molecule has 0 saturated carbocycles. The minimum atomic E-state index is 0.174. The van der Waals surface area contributed by atoms with E-state index in [0.717, 1.165) is 69.3 Å². The number of likely N-dealkylation sites (tertiary alicyclic amines) is 1. The summed E-state index contributed by atoms with van der Waals surface area (Å²) < 4.78 is 5.65. The van der Waals surface area contributed by atoms with Crippen LogP contribution in [0.2, 0.25) is 0 Å². The molecule has 1 aromatic rings. The summed E-state index contributed by atoms with van der Waals surface area (Å²) in [6, 6.07) is 0. The second-order valence-corrected chi connectivity index (χ2v) is 6.48. The molecule has 2 N–H and O–H groups in total. The predicted molar refractivity (Wildman–Crippen MR) is 90.1 cm³/mol. The Bertz CT molecular complexity index is 473. The highest BCUT2D eigenvalue weighted by atomic mass is 16.4. The Labute approximate surface area is 139 Å². The molecular weight excluding hydrogens is 292 g/mol. The largest absolute Gasteiger partial charge is 0.444 e. The summed E-state index contributed by atoms with van der Waals surface area (Å²) in [4.78, 5) is 18.6. The normalized spacial score (nSPS) is 16.7. The second kappa shape index (κ2) is 9.03. The third-order valence-electron chi connectivity index (χ3n) is 4.56. The van der Waals surface area contributed by atoms with Gasteiger partial charge in [0, 0.05) is 13.0 Å². The number of carbonyl (C=O) groups is 1. The first kappa shape index (κ1) is 17.9. The summed E-state index contributed by atoms with van der Waals surface area (Å²) in [5.41, 5.74) is 0.982. The molecule has 1 aliphatic heterocycles. The monoisotopic (exact) mass is 322 g/mol. The van der Waals surface area contributed by atoms with Gasteiger partial charge in [-0.05, 0) is 65.7 Å². The number of aryl methyl sites for hydroxylation is 2. The fourth-order valence-electron chi connectivity index (χ4n) is 2.92. The number of hydrogen-bond acceptors (Lipinski definition) is 5. The van der Waals surface area contributed by atoms with E-state index in [1.807, 2.05) is 20.9 Å². The average Bonchev–Trinajstić information content (AvgIpc) is 2.85. The molecule has 0 unspecified atom stereocenters. The molecule has 1 aliphatic rings. The van der Waals surface area contributed by atoms with E-state index in [4.69, 9.17) is 4.42 Å². The lowest BCUT2D eigenvalue weighted by molar-refractivity contribution is -0.121. The van der Waals surface area contributed by atoms with Crippen LogP contribution in [0.4, 0.5) is 0 Å². The summed E-state index contributed by atoms with van der Waals surface area (Å²) in [5.74, 6) is 2.49. The van der Waals surface area contributed by atoms with Gasteiger partial charge in [-0.25, -0.2) is 4.98 Å². The lowest BCUT2D eigenvalue weighted by Gasteiger charge is -2.31. The number of rotatable bonds is 8. The van der Waals surface area contributed by atoms with Crippen LogP contribution in [0.3, 0.4) is 0 Å². The molecule has 6 heteroatoms. The SMILES string of the molecule is CNCCCC(=O)NCC1CCN(Cc2nc(C)c(C)o2)CC1. The van der Waals surface area contributed by atoms with Crippen molar-refractivity contribution in [2.75, 3.05) is 33.2 Å². The molecule has 1 fully saturated rings. The van der Waals surface area contributed by atoms with Gasteiger partial charge in [-0.3, -0.25) is 9.69 Å². The molecule has 0 radical (unpaired) electrons. The molecule has 1 amide bonds. The number of oxazole rings is 1. The van der Waals surface area contributed by atoms with Gasteiger partial charge in [-0.15, -0.1) is 0 Å². The first-order valence-electron chi connectivity index (χ1n) is 8.65. The Morgan fingerprint density at radius 3 is 2.70 bits per heavy atom. The maximum Gasteiger partial charge on any atom is 0.220 e. The van der Waals surface area contributed by atoms with E-state index < -0.39 is 0 Å². The zero-order chi connectivity index (χ0) is 16.7. The van der Waals surface area contributed by atoms with Crippen molar-refractivity contribution in [1.29, 1.82) is 0 Å². The molecule has 2 rings (SSSR count). The Morgan fingerprint density at radius 2 is 2.09 bits per heavy atom. The summed E-state index contributed by atoms with van der Waals surface area (Å²) in [6.07, 6.45) is 3.75. The van der Waals surface area contributed by atoms with E-state index >= 15 is 0 Å². The summed E-state index contributed by atoms with van der Waals surface area (Å²) in [6.45, 7) is 8.51. The highest BCUT2D eigenvalue weighted by Crippen LogP contribution is 2.19. The first-order chi connectivity index (χ1) is 11.1. The minimum Gasteiger partial charge on any atom is -0.444 e. The third kappa shape index (κ3) is 5.95. The smallest absolute Gasteiger partial charge is 0.220 e. The molecule has 0 bridgehead atoms. The zero-order valence-corrected chi connectivity index (χ0v) is 14.7. The van der Waals surface area contributed by atoms with Gasteiger partial charge in [0.15, 0.2) is 0 Å². The van der Waals surface area contributed by atoms with Gasteiger partial charge >= 0.3 is 0 Å². The van der Waals surface area contributed by atoms with Crippen LogP contribution in [0.5, 0.6) is 0 Å². The Balaban J connectivity index is 1.63. The van der Waals surface area contributed by atoms with E-state index in [2.05, 4.69) is 20.5 Å². The topological polar surface area (TPSA) is 70.4 Å². The van der Waals surface area contributed by atoms with Gasteiger partial charge in [0.2, 0.25) is 11.8 Å². The lowest BCUT2D eigenvalue weighted by Crippen LogP contribution is -2.38. The molecule has 1 saturated heterocycles. The quantitative estimate of drug-likeness (QED) is 0.712. The molecule has 1 aromatic heterocycles. The van der Waals surface area contributed by atoms with Crippen molar-refractivity contribution in [3.8, 4) is 0 Å². The fraction of sp³-hybridized carbons (Fsp3) is 0.765. The number of nitrogens with one attached hydrogen (secondary N) is 2. The van der Waals surface area contributed by atoms with Crippen LogP contribution < -0.4 is 10.6 Å². The zero-order valence-electron chi connectivity index (χ0n) is 14.7. The van der Waals surface area contributed by atoms with E-state index in [9.17, 15) is 4.79 Å². The summed E-state index contributed by atoms with van der Waals surface area (Å²) in [7, 11) is 1.91. The number of carbonyl (C=O) groups excluding carboxylic acids is 1. The van der Waals surface area contributed by atoms with Gasteiger partial charge in [0.1, 0.15) is 5.76 Å². The molecule has 0 aromatic carbocycles. The van der Waals surface area contributed by atoms with Crippen molar-refractivity contribution >= 4 is 5.91 Å². The standard InChI is InChI=1S/C17H30N4O2/c1-13-14(2)23-17(20-13)12-21-9-6-15(7-10-21)11-19-16(22)5-4-8-18-3/h15,18H,4-12H2,1-3H3,(H,19,22). The van der Waals surface area contributed by atoms with Crippen molar-refractivity contribution in [2.45, 2.75) is 46.1 Å². The molecule has 6 nitrogen and oxygen atoms in total. The second-order valence-electron chi connectivity index (χ2n) is 6.48. The van der Waals surface area contributed by atoms with E-state index in [1.165, 1.54) is 0 Å². The van der Waals surface area contributed by atoms with Crippen LogP contribution in [-0.4, -0.2) is 49.0 Å². The lowest BCUT2D eigenvalue weighted by atomic mass is 9.96. The Morgan fingerprint density at radius 1 is 1.35 bits per heavy atom. The van der Waals surface area contributed by atoms with E-state index in [1.54, 1.807) is 0 Å². The maximum atomic E-state index is 11.7. The molecule has 130 valence electrons. The van der Waals surface area contributed by atoms with Crippen LogP contribution in [0, 0.1) is 19.8 Å². The molecule has 0 aliphatic carbocycles. The van der Waals surface area contributed by atoms with Crippen molar-refractivity contribution < 1.29 is 9.21 Å². The number of nitrogens with zero attached hydrogens (tertiary/aromatic N) is 2. The van der Waals surface area contributed by atoms with Crippen molar-refractivity contribution in [3.05, 3.63) is 17.3 Å². The first-order valence-corrected chi connectivity index (χ1v) is 8.65. The van der Waals surface area contributed by atoms with Gasteiger partial charge < -0.3 is 15.1 Å². The van der Waals surface area contributed by atoms with Crippen LogP contribution in [0.15, 0.2) is 4.42 Å². The molecule has 23 heavy (non-hydrogen) atoms. The van der Waals surface area contributed by atoms with Gasteiger partial charge in [0.05, 0.1) is 12.2 Å². The summed E-state index contributed by atoms with van der Waals surface area (Å²) >= 11 is 0. The molecule has 0 spiro atoms. The van der Waals surface area contributed by atoms with Crippen molar-refractivity contribution in [2.24, 2.45) is 5.92 Å². The predicted octanol–water partition coefficient (Wildman–Crippen LogP) is 1.62. The number of aromatic nitrogens is 1. The van der Waals surface area contributed by atoms with Gasteiger partial charge in [-0.1, -0.05) is 0 Å². The average molecular weight is 322 g/mol. The van der Waals surface area contributed by atoms with Crippen LogP contribution in [-0.2, 0) is 11.3 Å². The van der Waals surface area contributed by atoms with Crippen molar-refractivity contribution in [3.63, 3.8) is 0 Å². The Hall–Kier alpha value is -1.40. The molecular formula is C17H30N4O2. The van der Waals surface area contributed by atoms with Crippen LogP contribution >= 0.6 is 0 Å². The molecule has 0 atom stereocenters. The van der Waals surface area contributed by atoms with Gasteiger partial charge in [-0.2, -0.15) is 0 Å². The maximum absolute atomic E-state index is 11.7. The number of piperidine rings is 1. The van der Waals surface area contributed by atoms with Crippen LogP contribution in [0.25, 0.3) is 0 Å².